The lowest BCUT2D eigenvalue weighted by molar-refractivity contribution is -0.134. The van der Waals surface area contributed by atoms with Crippen LogP contribution < -0.4 is 4.74 Å². The van der Waals surface area contributed by atoms with Crippen LogP contribution in [0, 0.1) is 0 Å². The van der Waals surface area contributed by atoms with Crippen molar-refractivity contribution in [3.8, 4) is 17.0 Å². The maximum Gasteiger partial charge on any atom is 0.311 e. The summed E-state index contributed by atoms with van der Waals surface area (Å²) in [6.45, 7) is 4.37. The second-order valence-corrected chi connectivity index (χ2v) is 7.75. The highest BCUT2D eigenvalue weighted by atomic mass is 16.5. The zero-order valence-electron chi connectivity index (χ0n) is 17.3. The third-order valence-corrected chi connectivity index (χ3v) is 5.23. The van der Waals surface area contributed by atoms with Gasteiger partial charge in [0.1, 0.15) is 5.75 Å². The zero-order valence-corrected chi connectivity index (χ0v) is 17.3. The molecule has 3 aromatic carbocycles. The molecule has 0 aliphatic rings. The molecule has 150 valence electrons. The molecule has 4 aromatic rings. The zero-order chi connectivity index (χ0) is 20.9. The highest BCUT2D eigenvalue weighted by molar-refractivity contribution is 5.86. The monoisotopic (exact) mass is 395 g/mol. The maximum absolute atomic E-state index is 12.4. The molecule has 0 aliphatic heterocycles. The van der Waals surface area contributed by atoms with Gasteiger partial charge >= 0.3 is 5.97 Å². The molecule has 0 bridgehead atoms. The number of hydrogen-bond donors (Lipinski definition) is 0. The van der Waals surface area contributed by atoms with E-state index in [0.29, 0.717) is 24.5 Å². The van der Waals surface area contributed by atoms with Crippen molar-refractivity contribution in [2.24, 2.45) is 0 Å². The predicted octanol–water partition coefficient (Wildman–Crippen LogP) is 6.56. The molecule has 0 atom stereocenters. The van der Waals surface area contributed by atoms with E-state index in [1.165, 1.54) is 5.56 Å². The first-order chi connectivity index (χ1) is 14.6. The molecule has 0 fully saturated rings. The van der Waals surface area contributed by atoms with E-state index in [2.05, 4.69) is 50.2 Å². The number of rotatable bonds is 6. The lowest BCUT2D eigenvalue weighted by atomic mass is 9.96. The Morgan fingerprint density at radius 3 is 2.30 bits per heavy atom. The summed E-state index contributed by atoms with van der Waals surface area (Å²) < 4.78 is 5.47. The number of ether oxygens (including phenoxy) is 1. The summed E-state index contributed by atoms with van der Waals surface area (Å²) in [4.78, 5) is 17.3. The Kier molecular flexibility index (Phi) is 5.89. The van der Waals surface area contributed by atoms with Crippen molar-refractivity contribution in [1.82, 2.24) is 4.98 Å². The number of carbonyl (C=O) groups is 1. The fraction of sp³-hybridized carbons (Fsp3) is 0.185. The van der Waals surface area contributed by atoms with Crippen LogP contribution in [-0.2, 0) is 11.2 Å². The van der Waals surface area contributed by atoms with Crippen molar-refractivity contribution in [3.63, 3.8) is 0 Å². The van der Waals surface area contributed by atoms with E-state index in [4.69, 9.17) is 9.72 Å². The number of nitrogens with zero attached hydrogens (tertiary/aromatic N) is 1. The van der Waals surface area contributed by atoms with Crippen LogP contribution in [0.4, 0.5) is 0 Å². The first-order valence-electron chi connectivity index (χ1n) is 10.3. The summed E-state index contributed by atoms with van der Waals surface area (Å²) in [5.41, 5.74) is 5.33. The van der Waals surface area contributed by atoms with Crippen LogP contribution in [0.2, 0.25) is 0 Å². The fourth-order valence-electron chi connectivity index (χ4n) is 3.54. The smallest absolute Gasteiger partial charge is 0.311 e. The topological polar surface area (TPSA) is 39.2 Å². The van der Waals surface area contributed by atoms with Crippen LogP contribution in [0.15, 0.2) is 84.9 Å². The third kappa shape index (κ3) is 4.57. The van der Waals surface area contributed by atoms with Gasteiger partial charge in [-0.3, -0.25) is 4.79 Å². The number of aryl methyl sites for hydroxylation is 1. The van der Waals surface area contributed by atoms with Gasteiger partial charge in [0.15, 0.2) is 0 Å². The molecule has 0 N–H and O–H groups in total. The fourth-order valence-corrected chi connectivity index (χ4v) is 3.54. The number of aromatic nitrogens is 1. The normalized spacial score (nSPS) is 11.0. The summed E-state index contributed by atoms with van der Waals surface area (Å²) in [5.74, 6) is 0.778. The molecule has 0 unspecified atom stereocenters. The van der Waals surface area contributed by atoms with Gasteiger partial charge in [0, 0.05) is 10.9 Å². The van der Waals surface area contributed by atoms with Crippen molar-refractivity contribution < 1.29 is 9.53 Å². The van der Waals surface area contributed by atoms with E-state index in [9.17, 15) is 4.79 Å². The van der Waals surface area contributed by atoms with E-state index >= 15 is 0 Å². The van der Waals surface area contributed by atoms with E-state index < -0.39 is 0 Å². The number of carbonyl (C=O) groups excluding carboxylic acids is 1. The largest absolute Gasteiger partial charge is 0.427 e. The molecule has 30 heavy (non-hydrogen) atoms. The Balaban J connectivity index is 1.66. The average molecular weight is 396 g/mol. The Morgan fingerprint density at radius 1 is 0.900 bits per heavy atom. The Labute approximate surface area is 177 Å². The van der Waals surface area contributed by atoms with Crippen LogP contribution in [0.3, 0.4) is 0 Å². The number of hydrogen-bond acceptors (Lipinski definition) is 3. The SMILES string of the molecule is CC(C)c1ccc2nc(-c3ccccc3)cc(CCC(=O)Oc3ccccc3)c2c1. The maximum atomic E-state index is 12.4. The summed E-state index contributed by atoms with van der Waals surface area (Å²) in [6.07, 6.45) is 0.917. The molecule has 0 aliphatic carbocycles. The van der Waals surface area contributed by atoms with E-state index in [1.807, 2.05) is 36.4 Å². The van der Waals surface area contributed by atoms with Gasteiger partial charge in [-0.15, -0.1) is 0 Å². The number of esters is 1. The first kappa shape index (κ1) is 19.8. The molecule has 0 saturated heterocycles. The average Bonchev–Trinajstić information content (AvgIpc) is 2.78. The predicted molar refractivity (Wildman–Crippen MR) is 122 cm³/mol. The minimum absolute atomic E-state index is 0.229. The molecule has 4 rings (SSSR count). The molecule has 3 heteroatoms. The molecular formula is C27H25NO2. The van der Waals surface area contributed by atoms with Gasteiger partial charge in [0.05, 0.1) is 17.6 Å². The van der Waals surface area contributed by atoms with E-state index in [1.54, 1.807) is 12.1 Å². The van der Waals surface area contributed by atoms with Crippen molar-refractivity contribution in [1.29, 1.82) is 0 Å². The second-order valence-electron chi connectivity index (χ2n) is 7.75. The standard InChI is InChI=1S/C27H25NO2/c1-19(2)21-13-15-25-24(17-21)22(18-26(28-25)20-9-5-3-6-10-20)14-16-27(29)30-23-11-7-4-8-12-23/h3-13,15,17-19H,14,16H2,1-2H3. The molecule has 0 amide bonds. The lowest BCUT2D eigenvalue weighted by Crippen LogP contribution is -2.09. The molecule has 0 saturated carbocycles. The van der Waals surface area contributed by atoms with Crippen molar-refractivity contribution in [2.45, 2.75) is 32.6 Å². The van der Waals surface area contributed by atoms with Crippen molar-refractivity contribution in [3.05, 3.63) is 96.1 Å². The van der Waals surface area contributed by atoms with Crippen LogP contribution in [-0.4, -0.2) is 11.0 Å². The van der Waals surface area contributed by atoms with Gasteiger partial charge in [-0.25, -0.2) is 4.98 Å². The van der Waals surface area contributed by atoms with Crippen LogP contribution >= 0.6 is 0 Å². The minimum Gasteiger partial charge on any atom is -0.427 e. The number of pyridine rings is 1. The van der Waals surface area contributed by atoms with Crippen LogP contribution in [0.5, 0.6) is 5.75 Å². The summed E-state index contributed by atoms with van der Waals surface area (Å²) in [5, 5.41) is 1.10. The molecule has 1 heterocycles. The molecular weight excluding hydrogens is 370 g/mol. The van der Waals surface area contributed by atoms with E-state index in [-0.39, 0.29) is 5.97 Å². The summed E-state index contributed by atoms with van der Waals surface area (Å²) >= 11 is 0. The molecule has 0 spiro atoms. The Bertz CT molecular complexity index is 1150. The van der Waals surface area contributed by atoms with Gasteiger partial charge in [-0.2, -0.15) is 0 Å². The minimum atomic E-state index is -0.229. The Hall–Kier alpha value is -3.46. The second kappa shape index (κ2) is 8.91. The van der Waals surface area contributed by atoms with Crippen molar-refractivity contribution in [2.75, 3.05) is 0 Å². The number of fused-ring (bicyclic) bond motifs is 1. The van der Waals surface area contributed by atoms with E-state index in [0.717, 1.165) is 27.7 Å². The summed E-state index contributed by atoms with van der Waals surface area (Å²) in [7, 11) is 0. The highest BCUT2D eigenvalue weighted by Crippen LogP contribution is 2.28. The molecule has 1 aromatic heterocycles. The molecule has 0 radical (unpaired) electrons. The van der Waals surface area contributed by atoms with Gasteiger partial charge in [0.25, 0.3) is 0 Å². The number of para-hydroxylation sites is 1. The quantitative estimate of drug-likeness (QED) is 0.274. The van der Waals surface area contributed by atoms with Crippen LogP contribution in [0.25, 0.3) is 22.2 Å². The van der Waals surface area contributed by atoms with Gasteiger partial charge in [-0.05, 0) is 53.8 Å². The summed E-state index contributed by atoms with van der Waals surface area (Å²) in [6, 6.07) is 27.9. The number of benzene rings is 3. The molecule has 3 nitrogen and oxygen atoms in total. The third-order valence-electron chi connectivity index (χ3n) is 5.23. The Morgan fingerprint density at radius 2 is 1.60 bits per heavy atom. The van der Waals surface area contributed by atoms with Gasteiger partial charge in [-0.1, -0.05) is 68.4 Å². The van der Waals surface area contributed by atoms with Gasteiger partial charge in [0.2, 0.25) is 0 Å². The lowest BCUT2D eigenvalue weighted by Gasteiger charge is -2.13. The van der Waals surface area contributed by atoms with Crippen LogP contribution in [0.1, 0.15) is 37.3 Å². The first-order valence-corrected chi connectivity index (χ1v) is 10.3. The van der Waals surface area contributed by atoms with Crippen molar-refractivity contribution >= 4 is 16.9 Å². The highest BCUT2D eigenvalue weighted by Gasteiger charge is 2.12. The van der Waals surface area contributed by atoms with Gasteiger partial charge < -0.3 is 4.74 Å².